The first kappa shape index (κ1) is 11.9. The molecule has 0 bridgehead atoms. The zero-order valence-electron chi connectivity index (χ0n) is 8.66. The standard InChI is InChI=1S/C9H17NO3/c1-5-10(6-2)9(12)7(3)13-8(4)11/h7H,5-6H2,1-4H3/t7-/m1/s1. The molecule has 0 aromatic rings. The van der Waals surface area contributed by atoms with Crippen molar-refractivity contribution in [3.8, 4) is 0 Å². The molecule has 0 aliphatic heterocycles. The van der Waals surface area contributed by atoms with Crippen LogP contribution in [-0.2, 0) is 14.3 Å². The van der Waals surface area contributed by atoms with E-state index < -0.39 is 12.1 Å². The Balaban J connectivity index is 4.14. The monoisotopic (exact) mass is 187 g/mol. The van der Waals surface area contributed by atoms with Crippen molar-refractivity contribution in [3.05, 3.63) is 0 Å². The number of hydrogen-bond acceptors (Lipinski definition) is 3. The van der Waals surface area contributed by atoms with Crippen LogP contribution in [0.5, 0.6) is 0 Å². The van der Waals surface area contributed by atoms with Crippen LogP contribution in [0.1, 0.15) is 27.7 Å². The molecule has 0 heterocycles. The molecule has 0 unspecified atom stereocenters. The van der Waals surface area contributed by atoms with E-state index in [9.17, 15) is 9.59 Å². The zero-order valence-corrected chi connectivity index (χ0v) is 8.66. The Kier molecular flexibility index (Phi) is 5.11. The highest BCUT2D eigenvalue weighted by Crippen LogP contribution is 1.99. The molecule has 4 nitrogen and oxygen atoms in total. The summed E-state index contributed by atoms with van der Waals surface area (Å²) in [6.45, 7) is 7.94. The summed E-state index contributed by atoms with van der Waals surface area (Å²) in [6.07, 6.45) is -0.669. The minimum Gasteiger partial charge on any atom is -0.453 e. The Morgan fingerprint density at radius 1 is 1.31 bits per heavy atom. The average Bonchev–Trinajstić information content (AvgIpc) is 2.05. The largest absolute Gasteiger partial charge is 0.453 e. The molecule has 0 N–H and O–H groups in total. The van der Waals surface area contributed by atoms with Crippen LogP contribution in [-0.4, -0.2) is 36.0 Å². The van der Waals surface area contributed by atoms with Gasteiger partial charge >= 0.3 is 5.97 Å². The molecule has 0 radical (unpaired) electrons. The molecule has 0 aliphatic rings. The fourth-order valence-electron chi connectivity index (χ4n) is 1.09. The Bertz CT molecular complexity index is 187. The number of carbonyl (C=O) groups is 2. The third-order valence-electron chi connectivity index (χ3n) is 1.77. The molecule has 13 heavy (non-hydrogen) atoms. The number of rotatable bonds is 4. The predicted octanol–water partition coefficient (Wildman–Crippen LogP) is 0.806. The maximum absolute atomic E-state index is 11.5. The molecule has 1 amide bonds. The van der Waals surface area contributed by atoms with Crippen LogP contribution in [0.3, 0.4) is 0 Å². The van der Waals surface area contributed by atoms with E-state index in [1.54, 1.807) is 11.8 Å². The Hall–Kier alpha value is -1.06. The van der Waals surface area contributed by atoms with E-state index in [0.29, 0.717) is 13.1 Å². The molecule has 0 spiro atoms. The Labute approximate surface area is 78.9 Å². The quantitative estimate of drug-likeness (QED) is 0.612. The lowest BCUT2D eigenvalue weighted by atomic mass is 10.3. The maximum atomic E-state index is 11.5. The first-order valence-corrected chi connectivity index (χ1v) is 4.48. The average molecular weight is 187 g/mol. The number of esters is 1. The maximum Gasteiger partial charge on any atom is 0.303 e. The SMILES string of the molecule is CCN(CC)C(=O)[C@@H](C)OC(C)=O. The molecule has 0 rings (SSSR count). The van der Waals surface area contributed by atoms with Crippen LogP contribution in [0, 0.1) is 0 Å². The van der Waals surface area contributed by atoms with Gasteiger partial charge in [-0.1, -0.05) is 0 Å². The minimum absolute atomic E-state index is 0.139. The molecule has 4 heteroatoms. The molecule has 0 saturated carbocycles. The molecule has 0 fully saturated rings. The van der Waals surface area contributed by atoms with Crippen LogP contribution in [0.2, 0.25) is 0 Å². The van der Waals surface area contributed by atoms with Crippen molar-refractivity contribution in [2.24, 2.45) is 0 Å². The molecular formula is C9H17NO3. The molecule has 0 saturated heterocycles. The van der Waals surface area contributed by atoms with Gasteiger partial charge in [-0.15, -0.1) is 0 Å². The van der Waals surface area contributed by atoms with Gasteiger partial charge in [-0.3, -0.25) is 9.59 Å². The van der Waals surface area contributed by atoms with Crippen molar-refractivity contribution in [2.75, 3.05) is 13.1 Å². The van der Waals surface area contributed by atoms with E-state index in [2.05, 4.69) is 0 Å². The molecular weight excluding hydrogens is 170 g/mol. The van der Waals surface area contributed by atoms with Crippen LogP contribution >= 0.6 is 0 Å². The van der Waals surface area contributed by atoms with E-state index in [0.717, 1.165) is 0 Å². The fraction of sp³-hybridized carbons (Fsp3) is 0.778. The summed E-state index contributed by atoms with van der Waals surface area (Å²) in [7, 11) is 0. The highest BCUT2D eigenvalue weighted by Gasteiger charge is 2.19. The van der Waals surface area contributed by atoms with Crippen molar-refractivity contribution in [2.45, 2.75) is 33.8 Å². The third-order valence-corrected chi connectivity index (χ3v) is 1.77. The van der Waals surface area contributed by atoms with E-state index >= 15 is 0 Å². The smallest absolute Gasteiger partial charge is 0.303 e. The van der Waals surface area contributed by atoms with E-state index in [4.69, 9.17) is 4.74 Å². The van der Waals surface area contributed by atoms with Gasteiger partial charge < -0.3 is 9.64 Å². The second-order valence-corrected chi connectivity index (χ2v) is 2.76. The van der Waals surface area contributed by atoms with Gasteiger partial charge in [0.15, 0.2) is 6.10 Å². The lowest BCUT2D eigenvalue weighted by Crippen LogP contribution is -2.39. The van der Waals surface area contributed by atoms with Gasteiger partial charge in [0.1, 0.15) is 0 Å². The molecule has 0 aliphatic carbocycles. The summed E-state index contributed by atoms with van der Waals surface area (Å²) < 4.78 is 4.77. The van der Waals surface area contributed by atoms with Crippen molar-refractivity contribution < 1.29 is 14.3 Å². The van der Waals surface area contributed by atoms with Crippen LogP contribution in [0.25, 0.3) is 0 Å². The predicted molar refractivity (Wildman–Crippen MR) is 49.2 cm³/mol. The van der Waals surface area contributed by atoms with Gasteiger partial charge in [-0.2, -0.15) is 0 Å². The summed E-state index contributed by atoms with van der Waals surface area (Å²) in [5, 5.41) is 0. The summed E-state index contributed by atoms with van der Waals surface area (Å²) in [4.78, 5) is 23.7. The van der Waals surface area contributed by atoms with Crippen molar-refractivity contribution in [1.29, 1.82) is 0 Å². The van der Waals surface area contributed by atoms with Gasteiger partial charge in [0.05, 0.1) is 0 Å². The van der Waals surface area contributed by atoms with Gasteiger partial charge in [0.25, 0.3) is 5.91 Å². The molecule has 1 atom stereocenters. The molecule has 0 aromatic carbocycles. The summed E-state index contributed by atoms with van der Waals surface area (Å²) in [6, 6.07) is 0. The van der Waals surface area contributed by atoms with E-state index in [1.807, 2.05) is 13.8 Å². The highest BCUT2D eigenvalue weighted by atomic mass is 16.5. The van der Waals surface area contributed by atoms with E-state index in [-0.39, 0.29) is 5.91 Å². The van der Waals surface area contributed by atoms with Crippen molar-refractivity contribution in [3.63, 3.8) is 0 Å². The Morgan fingerprint density at radius 2 is 1.77 bits per heavy atom. The summed E-state index contributed by atoms with van der Waals surface area (Å²) >= 11 is 0. The van der Waals surface area contributed by atoms with Crippen molar-refractivity contribution >= 4 is 11.9 Å². The lowest BCUT2D eigenvalue weighted by Gasteiger charge is -2.22. The van der Waals surface area contributed by atoms with Crippen molar-refractivity contribution in [1.82, 2.24) is 4.90 Å². The zero-order chi connectivity index (χ0) is 10.4. The van der Waals surface area contributed by atoms with Crippen LogP contribution in [0.4, 0.5) is 0 Å². The summed E-state index contributed by atoms with van der Waals surface area (Å²) in [5.41, 5.74) is 0. The topological polar surface area (TPSA) is 46.6 Å². The lowest BCUT2D eigenvalue weighted by molar-refractivity contribution is -0.157. The van der Waals surface area contributed by atoms with E-state index in [1.165, 1.54) is 6.92 Å². The molecule has 76 valence electrons. The van der Waals surface area contributed by atoms with Gasteiger partial charge in [-0.05, 0) is 20.8 Å². The van der Waals surface area contributed by atoms with Gasteiger partial charge in [0, 0.05) is 20.0 Å². The number of ether oxygens (including phenoxy) is 1. The third kappa shape index (κ3) is 3.92. The number of amides is 1. The Morgan fingerprint density at radius 3 is 2.08 bits per heavy atom. The van der Waals surface area contributed by atoms with Crippen LogP contribution < -0.4 is 0 Å². The number of hydrogen-bond donors (Lipinski definition) is 0. The minimum atomic E-state index is -0.669. The first-order chi connectivity index (χ1) is 6.02. The summed E-state index contributed by atoms with van der Waals surface area (Å²) in [5.74, 6) is -0.562. The van der Waals surface area contributed by atoms with Gasteiger partial charge in [0.2, 0.25) is 0 Å². The van der Waals surface area contributed by atoms with Gasteiger partial charge in [-0.25, -0.2) is 0 Å². The number of carbonyl (C=O) groups excluding carboxylic acids is 2. The number of nitrogens with zero attached hydrogens (tertiary/aromatic N) is 1. The second-order valence-electron chi connectivity index (χ2n) is 2.76. The highest BCUT2D eigenvalue weighted by molar-refractivity contribution is 5.82. The first-order valence-electron chi connectivity index (χ1n) is 4.48. The van der Waals surface area contributed by atoms with Crippen LogP contribution in [0.15, 0.2) is 0 Å². The number of likely N-dealkylation sites (N-methyl/N-ethyl adjacent to an activating group) is 1. The molecule has 0 aromatic heterocycles. The second kappa shape index (κ2) is 5.56. The normalized spacial score (nSPS) is 12.0. The fourth-order valence-corrected chi connectivity index (χ4v) is 1.09.